The molecule has 0 bridgehead atoms. The second-order valence-electron chi connectivity index (χ2n) is 5.89. The zero-order valence-electron chi connectivity index (χ0n) is 12.2. The maximum Gasteiger partial charge on any atom is 0.0801 e. The summed E-state index contributed by atoms with van der Waals surface area (Å²) in [7, 11) is 1.75. The monoisotopic (exact) mass is 262 g/mol. The number of nitrogens with two attached hydrogens (primary N) is 1. The van der Waals surface area contributed by atoms with Gasteiger partial charge >= 0.3 is 0 Å². The van der Waals surface area contributed by atoms with E-state index in [0.29, 0.717) is 5.92 Å². The van der Waals surface area contributed by atoms with Crippen LogP contribution in [-0.4, -0.2) is 13.2 Å². The molecule has 1 aliphatic carbocycles. The first-order chi connectivity index (χ1) is 9.17. The Labute approximate surface area is 116 Å². The SMILES string of the molecule is COC(C(C)C)C(NN)c1cccc(C2CCC2)c1. The van der Waals surface area contributed by atoms with Crippen molar-refractivity contribution in [1.29, 1.82) is 0 Å². The molecule has 19 heavy (non-hydrogen) atoms. The largest absolute Gasteiger partial charge is 0.379 e. The van der Waals surface area contributed by atoms with Gasteiger partial charge in [-0.1, -0.05) is 44.5 Å². The average Bonchev–Trinajstić information content (AvgIpc) is 2.33. The van der Waals surface area contributed by atoms with Gasteiger partial charge in [0.15, 0.2) is 0 Å². The Balaban J connectivity index is 2.21. The number of methoxy groups -OCH3 is 1. The Morgan fingerprint density at radius 3 is 2.53 bits per heavy atom. The average molecular weight is 262 g/mol. The van der Waals surface area contributed by atoms with E-state index < -0.39 is 0 Å². The first-order valence-corrected chi connectivity index (χ1v) is 7.26. The summed E-state index contributed by atoms with van der Waals surface area (Å²) in [6.45, 7) is 4.32. The van der Waals surface area contributed by atoms with Gasteiger partial charge in [0.25, 0.3) is 0 Å². The Kier molecular flexibility index (Phi) is 4.97. The summed E-state index contributed by atoms with van der Waals surface area (Å²) in [4.78, 5) is 0. The first kappa shape index (κ1) is 14.5. The number of hydrogen-bond acceptors (Lipinski definition) is 3. The van der Waals surface area contributed by atoms with Crippen LogP contribution in [0.15, 0.2) is 24.3 Å². The molecule has 2 unspecified atom stereocenters. The van der Waals surface area contributed by atoms with E-state index in [0.717, 1.165) is 5.92 Å². The molecule has 2 atom stereocenters. The summed E-state index contributed by atoms with van der Waals surface area (Å²) in [5.74, 6) is 6.93. The van der Waals surface area contributed by atoms with Crippen molar-refractivity contribution in [3.63, 3.8) is 0 Å². The second kappa shape index (κ2) is 6.51. The third-order valence-corrected chi connectivity index (χ3v) is 4.28. The summed E-state index contributed by atoms with van der Waals surface area (Å²) in [5.41, 5.74) is 5.60. The lowest BCUT2D eigenvalue weighted by Gasteiger charge is -2.31. The van der Waals surface area contributed by atoms with Crippen LogP contribution in [0.25, 0.3) is 0 Å². The van der Waals surface area contributed by atoms with Gasteiger partial charge in [-0.2, -0.15) is 0 Å². The van der Waals surface area contributed by atoms with Gasteiger partial charge in [-0.3, -0.25) is 11.3 Å². The molecule has 1 aromatic carbocycles. The lowest BCUT2D eigenvalue weighted by Crippen LogP contribution is -2.40. The summed E-state index contributed by atoms with van der Waals surface area (Å²) in [6.07, 6.45) is 4.09. The number of benzene rings is 1. The first-order valence-electron chi connectivity index (χ1n) is 7.26. The molecule has 1 saturated carbocycles. The van der Waals surface area contributed by atoms with Crippen LogP contribution in [0.1, 0.15) is 56.2 Å². The Morgan fingerprint density at radius 2 is 2.05 bits per heavy atom. The van der Waals surface area contributed by atoms with Gasteiger partial charge in [0, 0.05) is 7.11 Å². The van der Waals surface area contributed by atoms with Gasteiger partial charge in [0.05, 0.1) is 12.1 Å². The molecule has 0 radical (unpaired) electrons. The molecule has 3 nitrogen and oxygen atoms in total. The van der Waals surface area contributed by atoms with Crippen LogP contribution in [0.5, 0.6) is 0 Å². The molecule has 3 N–H and O–H groups in total. The summed E-state index contributed by atoms with van der Waals surface area (Å²) in [5, 5.41) is 0. The van der Waals surface area contributed by atoms with Crippen LogP contribution in [0.3, 0.4) is 0 Å². The lowest BCUT2D eigenvalue weighted by molar-refractivity contribution is 0.0326. The van der Waals surface area contributed by atoms with E-state index in [4.69, 9.17) is 10.6 Å². The van der Waals surface area contributed by atoms with Crippen molar-refractivity contribution in [2.75, 3.05) is 7.11 Å². The molecule has 0 spiro atoms. The number of nitrogens with one attached hydrogen (secondary N) is 1. The fourth-order valence-electron chi connectivity index (χ4n) is 2.92. The van der Waals surface area contributed by atoms with Crippen LogP contribution < -0.4 is 11.3 Å². The molecule has 0 aromatic heterocycles. The highest BCUT2D eigenvalue weighted by Gasteiger charge is 2.26. The van der Waals surface area contributed by atoms with E-state index in [9.17, 15) is 0 Å². The normalized spacial score (nSPS) is 19.2. The van der Waals surface area contributed by atoms with Gasteiger partial charge in [-0.25, -0.2) is 0 Å². The molecule has 2 rings (SSSR count). The number of hydrogen-bond donors (Lipinski definition) is 2. The zero-order chi connectivity index (χ0) is 13.8. The fraction of sp³-hybridized carbons (Fsp3) is 0.625. The molecule has 3 heteroatoms. The van der Waals surface area contributed by atoms with Crippen LogP contribution in [0.4, 0.5) is 0 Å². The minimum atomic E-state index is 0.0463. The molecule has 1 aliphatic rings. The quantitative estimate of drug-likeness (QED) is 0.611. The van der Waals surface area contributed by atoms with Crippen molar-refractivity contribution in [1.82, 2.24) is 5.43 Å². The van der Waals surface area contributed by atoms with E-state index in [-0.39, 0.29) is 12.1 Å². The lowest BCUT2D eigenvalue weighted by atomic mass is 9.79. The molecule has 0 heterocycles. The zero-order valence-corrected chi connectivity index (χ0v) is 12.2. The van der Waals surface area contributed by atoms with Crippen molar-refractivity contribution in [2.24, 2.45) is 11.8 Å². The molecule has 0 amide bonds. The van der Waals surface area contributed by atoms with Crippen LogP contribution in [-0.2, 0) is 4.74 Å². The highest BCUT2D eigenvalue weighted by Crippen LogP contribution is 2.37. The molecule has 0 saturated heterocycles. The molecule has 106 valence electrons. The number of ether oxygens (including phenoxy) is 1. The van der Waals surface area contributed by atoms with E-state index >= 15 is 0 Å². The van der Waals surface area contributed by atoms with Crippen molar-refractivity contribution < 1.29 is 4.74 Å². The third-order valence-electron chi connectivity index (χ3n) is 4.28. The van der Waals surface area contributed by atoms with Crippen molar-refractivity contribution in [3.05, 3.63) is 35.4 Å². The van der Waals surface area contributed by atoms with E-state index in [2.05, 4.69) is 43.5 Å². The van der Waals surface area contributed by atoms with E-state index in [1.165, 1.54) is 30.4 Å². The molecular formula is C16H26N2O. The smallest absolute Gasteiger partial charge is 0.0801 e. The van der Waals surface area contributed by atoms with Gasteiger partial charge in [0.1, 0.15) is 0 Å². The van der Waals surface area contributed by atoms with Gasteiger partial charge in [-0.15, -0.1) is 0 Å². The highest BCUT2D eigenvalue weighted by atomic mass is 16.5. The Morgan fingerprint density at radius 1 is 1.32 bits per heavy atom. The van der Waals surface area contributed by atoms with Gasteiger partial charge in [-0.05, 0) is 35.8 Å². The van der Waals surface area contributed by atoms with E-state index in [1.54, 1.807) is 7.11 Å². The second-order valence-corrected chi connectivity index (χ2v) is 5.89. The van der Waals surface area contributed by atoms with Crippen LogP contribution in [0.2, 0.25) is 0 Å². The highest BCUT2D eigenvalue weighted by molar-refractivity contribution is 5.30. The Bertz CT molecular complexity index is 401. The topological polar surface area (TPSA) is 47.3 Å². The maximum atomic E-state index is 5.76. The predicted octanol–water partition coefficient (Wildman–Crippen LogP) is 3.13. The standard InChI is InChI=1S/C16H26N2O/c1-11(2)16(19-3)15(18-17)14-9-5-8-13(10-14)12-6-4-7-12/h5,8-12,15-16,18H,4,6-7,17H2,1-3H3. The summed E-state index contributed by atoms with van der Waals surface area (Å²) >= 11 is 0. The minimum absolute atomic E-state index is 0.0463. The summed E-state index contributed by atoms with van der Waals surface area (Å²) < 4.78 is 5.62. The Hall–Kier alpha value is -0.900. The van der Waals surface area contributed by atoms with Crippen molar-refractivity contribution in [2.45, 2.75) is 51.2 Å². The molecule has 1 aromatic rings. The van der Waals surface area contributed by atoms with Crippen molar-refractivity contribution >= 4 is 0 Å². The number of hydrazine groups is 1. The van der Waals surface area contributed by atoms with Crippen LogP contribution in [0, 0.1) is 5.92 Å². The van der Waals surface area contributed by atoms with Gasteiger partial charge < -0.3 is 4.74 Å². The minimum Gasteiger partial charge on any atom is -0.379 e. The molecule has 0 aliphatic heterocycles. The van der Waals surface area contributed by atoms with Gasteiger partial charge in [0.2, 0.25) is 0 Å². The summed E-state index contributed by atoms with van der Waals surface area (Å²) in [6, 6.07) is 8.85. The molecule has 1 fully saturated rings. The number of rotatable bonds is 6. The fourth-order valence-corrected chi connectivity index (χ4v) is 2.92. The molecular weight excluding hydrogens is 236 g/mol. The van der Waals surface area contributed by atoms with E-state index in [1.807, 2.05) is 0 Å². The predicted molar refractivity (Wildman–Crippen MR) is 78.7 cm³/mol. The third kappa shape index (κ3) is 3.16. The van der Waals surface area contributed by atoms with Crippen LogP contribution >= 0.6 is 0 Å². The van der Waals surface area contributed by atoms with Crippen molar-refractivity contribution in [3.8, 4) is 0 Å². The maximum absolute atomic E-state index is 5.76.